The van der Waals surface area contributed by atoms with E-state index in [2.05, 4.69) is 40.2 Å². The summed E-state index contributed by atoms with van der Waals surface area (Å²) in [5.74, 6) is 0. The van der Waals surface area contributed by atoms with Crippen LogP contribution >= 0.6 is 15.9 Å². The van der Waals surface area contributed by atoms with Gasteiger partial charge in [0.2, 0.25) is 0 Å². The predicted octanol–water partition coefficient (Wildman–Crippen LogP) is 2.38. The van der Waals surface area contributed by atoms with Gasteiger partial charge in [-0.05, 0) is 17.5 Å². The Morgan fingerprint density at radius 1 is 1.50 bits per heavy atom. The molecule has 1 atom stereocenters. The van der Waals surface area contributed by atoms with Crippen molar-refractivity contribution in [2.75, 3.05) is 0 Å². The summed E-state index contributed by atoms with van der Waals surface area (Å²) in [5.41, 5.74) is 2.97. The SMILES string of the molecule is BrC1Cc2ccccc21.O=CO. The van der Waals surface area contributed by atoms with Gasteiger partial charge in [0.1, 0.15) is 0 Å². The van der Waals surface area contributed by atoms with Gasteiger partial charge in [-0.15, -0.1) is 0 Å². The summed E-state index contributed by atoms with van der Waals surface area (Å²) in [4.78, 5) is 8.99. The van der Waals surface area contributed by atoms with Crippen molar-refractivity contribution in [3.63, 3.8) is 0 Å². The summed E-state index contributed by atoms with van der Waals surface area (Å²) in [7, 11) is 0. The Kier molecular flexibility index (Phi) is 3.29. The number of carbonyl (C=O) groups is 1. The van der Waals surface area contributed by atoms with Crippen LogP contribution in [0.15, 0.2) is 24.3 Å². The lowest BCUT2D eigenvalue weighted by atomic mass is 9.89. The van der Waals surface area contributed by atoms with E-state index in [1.54, 1.807) is 0 Å². The third kappa shape index (κ3) is 1.85. The molecule has 12 heavy (non-hydrogen) atoms. The molecule has 0 spiro atoms. The highest BCUT2D eigenvalue weighted by Crippen LogP contribution is 2.38. The predicted molar refractivity (Wildman–Crippen MR) is 50.5 cm³/mol. The Morgan fingerprint density at radius 2 is 2.08 bits per heavy atom. The number of rotatable bonds is 0. The fourth-order valence-electron chi connectivity index (χ4n) is 1.20. The molecule has 0 saturated heterocycles. The molecule has 0 saturated carbocycles. The lowest BCUT2D eigenvalue weighted by molar-refractivity contribution is -0.122. The molecule has 1 unspecified atom stereocenters. The molecule has 1 N–H and O–H groups in total. The molecule has 1 aliphatic rings. The highest BCUT2D eigenvalue weighted by atomic mass is 79.9. The van der Waals surface area contributed by atoms with Gasteiger partial charge in [-0.25, -0.2) is 0 Å². The van der Waals surface area contributed by atoms with Crippen molar-refractivity contribution in [2.45, 2.75) is 11.2 Å². The van der Waals surface area contributed by atoms with Crippen LogP contribution in [0.5, 0.6) is 0 Å². The van der Waals surface area contributed by atoms with Crippen LogP contribution in [0.2, 0.25) is 0 Å². The molecule has 0 amide bonds. The maximum atomic E-state index is 8.36. The number of halogens is 1. The number of benzene rings is 1. The van der Waals surface area contributed by atoms with Crippen LogP contribution < -0.4 is 0 Å². The summed E-state index contributed by atoms with van der Waals surface area (Å²) in [6, 6.07) is 8.55. The third-order valence-corrected chi connectivity index (χ3v) is 2.61. The fraction of sp³-hybridized carbons (Fsp3) is 0.222. The molecule has 1 aromatic carbocycles. The number of hydrogen-bond acceptors (Lipinski definition) is 1. The average molecular weight is 229 g/mol. The molecule has 2 rings (SSSR count). The first-order valence-electron chi connectivity index (χ1n) is 3.59. The van der Waals surface area contributed by atoms with Gasteiger partial charge in [0, 0.05) is 4.83 Å². The van der Waals surface area contributed by atoms with Crippen molar-refractivity contribution < 1.29 is 9.90 Å². The van der Waals surface area contributed by atoms with E-state index < -0.39 is 0 Å². The summed E-state index contributed by atoms with van der Waals surface area (Å²) in [5, 5.41) is 6.89. The van der Waals surface area contributed by atoms with Gasteiger partial charge in [0.25, 0.3) is 6.47 Å². The molecule has 1 aromatic rings. The highest BCUT2D eigenvalue weighted by Gasteiger charge is 2.21. The van der Waals surface area contributed by atoms with Crippen LogP contribution in [0.25, 0.3) is 0 Å². The van der Waals surface area contributed by atoms with E-state index >= 15 is 0 Å². The van der Waals surface area contributed by atoms with Gasteiger partial charge in [-0.3, -0.25) is 4.79 Å². The molecular formula is C9H9BrO2. The largest absolute Gasteiger partial charge is 0.483 e. The van der Waals surface area contributed by atoms with E-state index in [9.17, 15) is 0 Å². The average Bonchev–Trinajstić information content (AvgIpc) is 2.04. The number of alkyl halides is 1. The Bertz CT molecular complexity index is 273. The normalized spacial score (nSPS) is 17.9. The van der Waals surface area contributed by atoms with Gasteiger partial charge in [0.05, 0.1) is 0 Å². The van der Waals surface area contributed by atoms with Gasteiger partial charge >= 0.3 is 0 Å². The van der Waals surface area contributed by atoms with Crippen molar-refractivity contribution in [3.05, 3.63) is 35.4 Å². The minimum absolute atomic E-state index is 0.250. The van der Waals surface area contributed by atoms with E-state index in [1.807, 2.05) is 0 Å². The first-order valence-corrected chi connectivity index (χ1v) is 4.51. The molecule has 0 fully saturated rings. The summed E-state index contributed by atoms with van der Waals surface area (Å²) >= 11 is 3.56. The van der Waals surface area contributed by atoms with Crippen LogP contribution in [0.4, 0.5) is 0 Å². The van der Waals surface area contributed by atoms with Crippen LogP contribution in [0, 0.1) is 0 Å². The third-order valence-electron chi connectivity index (χ3n) is 1.79. The van der Waals surface area contributed by atoms with Crippen LogP contribution in [-0.4, -0.2) is 11.6 Å². The molecule has 64 valence electrons. The molecule has 0 aromatic heterocycles. The maximum absolute atomic E-state index is 8.36. The quantitative estimate of drug-likeness (QED) is 0.547. The zero-order chi connectivity index (χ0) is 8.97. The molecule has 3 heteroatoms. The van der Waals surface area contributed by atoms with Crippen molar-refractivity contribution >= 4 is 22.4 Å². The Morgan fingerprint density at radius 3 is 2.50 bits per heavy atom. The van der Waals surface area contributed by atoms with Crippen molar-refractivity contribution in [2.24, 2.45) is 0 Å². The second-order valence-corrected chi connectivity index (χ2v) is 3.58. The van der Waals surface area contributed by atoms with Gasteiger partial charge in [-0.1, -0.05) is 40.2 Å². The van der Waals surface area contributed by atoms with Crippen molar-refractivity contribution in [1.82, 2.24) is 0 Å². The molecule has 0 heterocycles. The van der Waals surface area contributed by atoms with E-state index in [0.717, 1.165) is 0 Å². The number of carboxylic acid groups (broad SMARTS) is 1. The Hall–Kier alpha value is -0.830. The first kappa shape index (κ1) is 9.26. The Balaban J connectivity index is 0.000000213. The van der Waals surface area contributed by atoms with Gasteiger partial charge < -0.3 is 5.11 Å². The van der Waals surface area contributed by atoms with E-state index in [4.69, 9.17) is 9.90 Å². The summed E-state index contributed by atoms with van der Waals surface area (Å²) in [6.07, 6.45) is 1.20. The van der Waals surface area contributed by atoms with Gasteiger partial charge in [0.15, 0.2) is 0 Å². The van der Waals surface area contributed by atoms with Gasteiger partial charge in [-0.2, -0.15) is 0 Å². The second kappa shape index (κ2) is 4.26. The molecule has 0 radical (unpaired) electrons. The van der Waals surface area contributed by atoms with E-state index in [1.165, 1.54) is 17.5 Å². The second-order valence-electron chi connectivity index (χ2n) is 2.48. The zero-order valence-electron chi connectivity index (χ0n) is 6.40. The monoisotopic (exact) mass is 228 g/mol. The fourth-order valence-corrected chi connectivity index (χ4v) is 1.99. The summed E-state index contributed by atoms with van der Waals surface area (Å²) in [6.45, 7) is -0.250. The molecule has 0 bridgehead atoms. The lowest BCUT2D eigenvalue weighted by Crippen LogP contribution is -2.10. The summed E-state index contributed by atoms with van der Waals surface area (Å²) < 4.78 is 0. The lowest BCUT2D eigenvalue weighted by Gasteiger charge is -2.24. The molecular weight excluding hydrogens is 220 g/mol. The smallest absolute Gasteiger partial charge is 0.290 e. The Labute approximate surface area is 79.3 Å². The molecule has 1 aliphatic carbocycles. The topological polar surface area (TPSA) is 37.3 Å². The maximum Gasteiger partial charge on any atom is 0.290 e. The van der Waals surface area contributed by atoms with E-state index in [-0.39, 0.29) is 6.47 Å². The van der Waals surface area contributed by atoms with E-state index in [0.29, 0.717) is 4.83 Å². The standard InChI is InChI=1S/C8H7Br.CH2O2/c9-8-5-6-3-1-2-4-7(6)8;2-1-3/h1-4,8H,5H2;1H,(H,2,3). The van der Waals surface area contributed by atoms with Crippen LogP contribution in [-0.2, 0) is 11.2 Å². The highest BCUT2D eigenvalue weighted by molar-refractivity contribution is 9.09. The number of fused-ring (bicyclic) bond motifs is 1. The number of hydrogen-bond donors (Lipinski definition) is 1. The molecule has 0 aliphatic heterocycles. The van der Waals surface area contributed by atoms with Crippen LogP contribution in [0.1, 0.15) is 16.0 Å². The van der Waals surface area contributed by atoms with Crippen LogP contribution in [0.3, 0.4) is 0 Å². The minimum Gasteiger partial charge on any atom is -0.483 e. The minimum atomic E-state index is -0.250. The molecule has 2 nitrogen and oxygen atoms in total. The van der Waals surface area contributed by atoms with Crippen molar-refractivity contribution in [1.29, 1.82) is 0 Å². The van der Waals surface area contributed by atoms with Crippen molar-refractivity contribution in [3.8, 4) is 0 Å². The zero-order valence-corrected chi connectivity index (χ0v) is 7.99. The first-order chi connectivity index (χ1) is 5.79.